The maximum absolute atomic E-state index is 12.9. The Morgan fingerprint density at radius 1 is 1.73 bits per heavy atom. The molecular weight excluding hydrogens is 167 g/mol. The third kappa shape index (κ3) is 1.88. The van der Waals surface area contributed by atoms with Crippen LogP contribution in [0.4, 0.5) is 4.39 Å². The van der Waals surface area contributed by atoms with Crippen molar-refractivity contribution < 1.29 is 4.39 Å². The third-order valence-electron chi connectivity index (χ3n) is 1.35. The van der Waals surface area contributed by atoms with E-state index in [0.717, 1.165) is 0 Å². The minimum absolute atomic E-state index is 0.0519. The van der Waals surface area contributed by atoms with Crippen LogP contribution in [0.25, 0.3) is 0 Å². The van der Waals surface area contributed by atoms with Crippen molar-refractivity contribution in [2.75, 3.05) is 6.54 Å². The summed E-state index contributed by atoms with van der Waals surface area (Å²) in [7, 11) is 0. The fourth-order valence-corrected chi connectivity index (χ4v) is 1.00. The molecule has 0 aliphatic heterocycles. The Morgan fingerprint density at radius 2 is 2.45 bits per heavy atom. The molecule has 1 rings (SSSR count). The third-order valence-corrected chi connectivity index (χ3v) is 1.66. The Morgan fingerprint density at radius 3 is 3.00 bits per heavy atom. The highest BCUT2D eigenvalue weighted by molar-refractivity contribution is 6.31. The summed E-state index contributed by atoms with van der Waals surface area (Å²) in [6.45, 7) is -0.0519. The Labute approximate surface area is 69.2 Å². The van der Waals surface area contributed by atoms with E-state index in [-0.39, 0.29) is 6.54 Å². The molecule has 0 aliphatic rings. The van der Waals surface area contributed by atoms with Crippen LogP contribution >= 0.6 is 11.6 Å². The van der Waals surface area contributed by atoms with Gasteiger partial charge in [0.25, 0.3) is 0 Å². The van der Waals surface area contributed by atoms with Gasteiger partial charge in [-0.1, -0.05) is 11.6 Å². The summed E-state index contributed by atoms with van der Waals surface area (Å²) in [6, 6.07) is 1.53. The number of alkyl halides is 1. The van der Waals surface area contributed by atoms with E-state index in [0.29, 0.717) is 10.6 Å². The van der Waals surface area contributed by atoms with E-state index in [9.17, 15) is 4.39 Å². The molecule has 0 bridgehead atoms. The van der Waals surface area contributed by atoms with Crippen molar-refractivity contribution in [2.24, 2.45) is 5.73 Å². The van der Waals surface area contributed by atoms with Crippen molar-refractivity contribution >= 4 is 11.6 Å². The highest BCUT2D eigenvalue weighted by atomic mass is 35.5. The number of nitrogens with zero attached hydrogens (tertiary/aromatic N) is 1. The minimum atomic E-state index is -1.19. The first-order valence-corrected chi connectivity index (χ1v) is 3.57. The summed E-state index contributed by atoms with van der Waals surface area (Å²) in [5, 5.41) is 0.324. The molecule has 0 saturated heterocycles. The summed E-state index contributed by atoms with van der Waals surface area (Å²) < 4.78 is 12.9. The number of hydrogen-bond donors (Lipinski definition) is 1. The van der Waals surface area contributed by atoms with Crippen LogP contribution in [-0.2, 0) is 0 Å². The number of nitrogens with two attached hydrogens (primary N) is 1. The van der Waals surface area contributed by atoms with Gasteiger partial charge >= 0.3 is 0 Å². The van der Waals surface area contributed by atoms with Gasteiger partial charge in [-0.25, -0.2) is 4.39 Å². The lowest BCUT2D eigenvalue weighted by Crippen LogP contribution is -2.08. The van der Waals surface area contributed by atoms with Crippen LogP contribution in [-0.4, -0.2) is 11.5 Å². The number of hydrogen-bond acceptors (Lipinski definition) is 2. The first-order chi connectivity index (χ1) is 5.25. The lowest BCUT2D eigenvalue weighted by Gasteiger charge is -2.05. The zero-order chi connectivity index (χ0) is 8.27. The van der Waals surface area contributed by atoms with Gasteiger partial charge in [0.2, 0.25) is 0 Å². The first-order valence-electron chi connectivity index (χ1n) is 3.19. The zero-order valence-corrected chi connectivity index (χ0v) is 6.55. The Kier molecular flexibility index (Phi) is 2.79. The molecule has 0 saturated carbocycles. The SMILES string of the molecule is NCC(F)c1ccncc1Cl. The monoisotopic (exact) mass is 174 g/mol. The molecule has 60 valence electrons. The minimum Gasteiger partial charge on any atom is -0.327 e. The van der Waals surface area contributed by atoms with E-state index in [1.54, 1.807) is 0 Å². The van der Waals surface area contributed by atoms with Crippen molar-refractivity contribution in [2.45, 2.75) is 6.17 Å². The van der Waals surface area contributed by atoms with Crippen LogP contribution in [0.15, 0.2) is 18.5 Å². The fourth-order valence-electron chi connectivity index (χ4n) is 0.767. The second-order valence-corrected chi connectivity index (χ2v) is 2.51. The van der Waals surface area contributed by atoms with Gasteiger partial charge in [-0.2, -0.15) is 0 Å². The van der Waals surface area contributed by atoms with Crippen LogP contribution in [0, 0.1) is 0 Å². The molecule has 1 aromatic rings. The highest BCUT2D eigenvalue weighted by Gasteiger charge is 2.10. The van der Waals surface area contributed by atoms with Gasteiger partial charge in [0.15, 0.2) is 0 Å². The van der Waals surface area contributed by atoms with Crippen molar-refractivity contribution in [3.05, 3.63) is 29.0 Å². The van der Waals surface area contributed by atoms with Gasteiger partial charge in [0.05, 0.1) is 5.02 Å². The summed E-state index contributed by atoms with van der Waals surface area (Å²) >= 11 is 5.64. The normalized spacial score (nSPS) is 13.0. The Balaban J connectivity index is 2.93. The predicted octanol–water partition coefficient (Wildman–Crippen LogP) is 1.70. The second-order valence-electron chi connectivity index (χ2n) is 2.10. The van der Waals surface area contributed by atoms with E-state index in [2.05, 4.69) is 4.98 Å². The smallest absolute Gasteiger partial charge is 0.139 e. The topological polar surface area (TPSA) is 38.9 Å². The van der Waals surface area contributed by atoms with Crippen LogP contribution in [0.1, 0.15) is 11.7 Å². The van der Waals surface area contributed by atoms with Crippen molar-refractivity contribution in [3.8, 4) is 0 Å². The lowest BCUT2D eigenvalue weighted by atomic mass is 10.2. The van der Waals surface area contributed by atoms with Crippen molar-refractivity contribution in [1.29, 1.82) is 0 Å². The van der Waals surface area contributed by atoms with Crippen LogP contribution < -0.4 is 5.73 Å². The molecule has 1 aromatic heterocycles. The summed E-state index contributed by atoms with van der Waals surface area (Å²) in [5.74, 6) is 0. The molecule has 0 amide bonds. The second kappa shape index (κ2) is 3.64. The molecule has 0 aliphatic carbocycles. The molecule has 0 fully saturated rings. The summed E-state index contributed by atoms with van der Waals surface area (Å²) in [6.07, 6.45) is 1.70. The van der Waals surface area contributed by atoms with Crippen LogP contribution in [0.3, 0.4) is 0 Å². The number of rotatable bonds is 2. The molecule has 11 heavy (non-hydrogen) atoms. The fraction of sp³-hybridized carbons (Fsp3) is 0.286. The van der Waals surface area contributed by atoms with E-state index in [1.807, 2.05) is 0 Å². The van der Waals surface area contributed by atoms with Crippen LogP contribution in [0.2, 0.25) is 5.02 Å². The molecule has 2 N–H and O–H groups in total. The van der Waals surface area contributed by atoms with E-state index in [1.165, 1.54) is 18.5 Å². The molecular formula is C7H8ClFN2. The quantitative estimate of drug-likeness (QED) is 0.742. The molecule has 4 heteroatoms. The van der Waals surface area contributed by atoms with E-state index >= 15 is 0 Å². The van der Waals surface area contributed by atoms with E-state index in [4.69, 9.17) is 17.3 Å². The van der Waals surface area contributed by atoms with Gasteiger partial charge < -0.3 is 5.73 Å². The summed E-state index contributed by atoms with van der Waals surface area (Å²) in [5.41, 5.74) is 5.53. The lowest BCUT2D eigenvalue weighted by molar-refractivity contribution is 0.353. The molecule has 1 heterocycles. The largest absolute Gasteiger partial charge is 0.327 e. The number of halogens is 2. The summed E-state index contributed by atoms with van der Waals surface area (Å²) in [4.78, 5) is 3.72. The maximum atomic E-state index is 12.9. The van der Waals surface area contributed by atoms with Gasteiger partial charge in [0, 0.05) is 24.5 Å². The molecule has 1 unspecified atom stereocenters. The zero-order valence-electron chi connectivity index (χ0n) is 5.80. The first kappa shape index (κ1) is 8.43. The molecule has 0 aromatic carbocycles. The highest BCUT2D eigenvalue weighted by Crippen LogP contribution is 2.23. The Hall–Kier alpha value is -0.670. The average molecular weight is 175 g/mol. The van der Waals surface area contributed by atoms with Gasteiger partial charge in [-0.05, 0) is 6.07 Å². The number of aromatic nitrogens is 1. The van der Waals surface area contributed by atoms with Gasteiger partial charge in [-0.15, -0.1) is 0 Å². The Bertz CT molecular complexity index is 242. The van der Waals surface area contributed by atoms with Crippen molar-refractivity contribution in [3.63, 3.8) is 0 Å². The van der Waals surface area contributed by atoms with E-state index < -0.39 is 6.17 Å². The van der Waals surface area contributed by atoms with Gasteiger partial charge in [0.1, 0.15) is 6.17 Å². The maximum Gasteiger partial charge on any atom is 0.139 e. The molecule has 1 atom stereocenters. The molecule has 2 nitrogen and oxygen atoms in total. The van der Waals surface area contributed by atoms with Crippen LogP contribution in [0.5, 0.6) is 0 Å². The van der Waals surface area contributed by atoms with Crippen molar-refractivity contribution in [1.82, 2.24) is 4.98 Å². The number of pyridine rings is 1. The van der Waals surface area contributed by atoms with Gasteiger partial charge in [-0.3, -0.25) is 4.98 Å². The average Bonchev–Trinajstić information content (AvgIpc) is 2.04. The standard InChI is InChI=1S/C7H8ClFN2/c8-6-4-11-2-1-5(6)7(9)3-10/h1-2,4,7H,3,10H2. The molecule has 0 spiro atoms. The molecule has 0 radical (unpaired) electrons. The predicted molar refractivity (Wildman–Crippen MR) is 42.2 cm³/mol.